The van der Waals surface area contributed by atoms with Crippen molar-refractivity contribution in [2.24, 2.45) is 0 Å². The molecule has 4 nitrogen and oxygen atoms in total. The Hall–Kier alpha value is -2.49. The first-order valence-corrected chi connectivity index (χ1v) is 6.71. The maximum atomic E-state index is 4.60. The zero-order valence-corrected chi connectivity index (χ0v) is 11.6. The van der Waals surface area contributed by atoms with Gasteiger partial charge >= 0.3 is 0 Å². The third-order valence-electron chi connectivity index (χ3n) is 3.25. The van der Waals surface area contributed by atoms with Crippen LogP contribution in [0, 0.1) is 0 Å². The molecule has 0 bridgehead atoms. The lowest BCUT2D eigenvalue weighted by atomic mass is 10.1. The van der Waals surface area contributed by atoms with E-state index in [0.29, 0.717) is 0 Å². The molecule has 0 aliphatic rings. The van der Waals surface area contributed by atoms with E-state index in [4.69, 9.17) is 0 Å². The summed E-state index contributed by atoms with van der Waals surface area (Å²) in [6, 6.07) is 12.2. The van der Waals surface area contributed by atoms with Crippen LogP contribution < -0.4 is 5.32 Å². The van der Waals surface area contributed by atoms with Gasteiger partial charge in [-0.15, -0.1) is 0 Å². The van der Waals surface area contributed by atoms with Gasteiger partial charge in [0, 0.05) is 36.7 Å². The molecule has 4 heteroatoms. The van der Waals surface area contributed by atoms with Crippen molar-refractivity contribution in [1.82, 2.24) is 15.0 Å². The van der Waals surface area contributed by atoms with Gasteiger partial charge in [-0.1, -0.05) is 25.1 Å². The summed E-state index contributed by atoms with van der Waals surface area (Å²) < 4.78 is 0. The van der Waals surface area contributed by atoms with E-state index < -0.39 is 0 Å². The number of anilines is 1. The Morgan fingerprint density at radius 2 is 2.00 bits per heavy atom. The lowest BCUT2D eigenvalue weighted by Gasteiger charge is -2.07. The third kappa shape index (κ3) is 2.32. The fourth-order valence-corrected chi connectivity index (χ4v) is 2.16. The second kappa shape index (κ2) is 5.25. The summed E-state index contributed by atoms with van der Waals surface area (Å²) in [5, 5.41) is 4.22. The summed E-state index contributed by atoms with van der Waals surface area (Å²) in [5.41, 5.74) is 2.96. The minimum absolute atomic E-state index is 0.814. The summed E-state index contributed by atoms with van der Waals surface area (Å²) in [6.07, 6.45) is 2.62. The zero-order valence-electron chi connectivity index (χ0n) is 11.6. The van der Waals surface area contributed by atoms with Crippen LogP contribution in [0.5, 0.6) is 0 Å². The van der Waals surface area contributed by atoms with Crippen LogP contribution in [0.15, 0.2) is 42.6 Å². The predicted octanol–water partition coefficient (Wildman–Crippen LogP) is 3.30. The minimum Gasteiger partial charge on any atom is -0.373 e. The summed E-state index contributed by atoms with van der Waals surface area (Å²) in [5.74, 6) is 1.68. The topological polar surface area (TPSA) is 50.7 Å². The molecule has 0 aliphatic carbocycles. The van der Waals surface area contributed by atoms with Crippen molar-refractivity contribution in [3.05, 3.63) is 48.4 Å². The van der Waals surface area contributed by atoms with Gasteiger partial charge in [0.15, 0.2) is 0 Å². The Morgan fingerprint density at radius 1 is 1.10 bits per heavy atom. The molecule has 1 aromatic carbocycles. The summed E-state index contributed by atoms with van der Waals surface area (Å²) >= 11 is 0. The molecule has 0 saturated heterocycles. The highest BCUT2D eigenvalue weighted by Crippen LogP contribution is 2.23. The molecule has 0 aliphatic heterocycles. The fourth-order valence-electron chi connectivity index (χ4n) is 2.16. The molecule has 3 aromatic rings. The molecule has 0 atom stereocenters. The highest BCUT2D eigenvalue weighted by Gasteiger charge is 2.06. The number of aromatic nitrogens is 3. The third-order valence-corrected chi connectivity index (χ3v) is 3.25. The smallest absolute Gasteiger partial charge is 0.131 e. The molecule has 0 unspecified atom stereocenters. The quantitative estimate of drug-likeness (QED) is 0.788. The van der Waals surface area contributed by atoms with Crippen LogP contribution in [0.3, 0.4) is 0 Å². The maximum absolute atomic E-state index is 4.60. The molecule has 1 N–H and O–H groups in total. The number of rotatable bonds is 3. The van der Waals surface area contributed by atoms with E-state index in [1.807, 2.05) is 25.4 Å². The van der Waals surface area contributed by atoms with Gasteiger partial charge in [-0.2, -0.15) is 0 Å². The average Bonchev–Trinajstić information content (AvgIpc) is 2.53. The zero-order chi connectivity index (χ0) is 13.9. The molecule has 2 aromatic heterocycles. The first kappa shape index (κ1) is 12.5. The molecular weight excluding hydrogens is 248 g/mol. The fraction of sp³-hybridized carbons (Fsp3) is 0.188. The predicted molar refractivity (Wildman–Crippen MR) is 81.7 cm³/mol. The Kier molecular flexibility index (Phi) is 3.29. The Morgan fingerprint density at radius 3 is 2.80 bits per heavy atom. The highest BCUT2D eigenvalue weighted by molar-refractivity contribution is 5.83. The number of fused-ring (bicyclic) bond motifs is 1. The summed E-state index contributed by atoms with van der Waals surface area (Å²) in [7, 11) is 1.87. The second-order valence-corrected chi connectivity index (χ2v) is 4.57. The monoisotopic (exact) mass is 264 g/mol. The van der Waals surface area contributed by atoms with E-state index in [0.717, 1.165) is 40.2 Å². The van der Waals surface area contributed by atoms with Crippen LogP contribution in [0.4, 0.5) is 5.82 Å². The second-order valence-electron chi connectivity index (χ2n) is 4.57. The molecule has 3 rings (SSSR count). The number of hydrogen-bond donors (Lipinski definition) is 1. The van der Waals surface area contributed by atoms with Crippen molar-refractivity contribution in [2.45, 2.75) is 13.3 Å². The van der Waals surface area contributed by atoms with E-state index in [9.17, 15) is 0 Å². The van der Waals surface area contributed by atoms with Gasteiger partial charge in [0.2, 0.25) is 0 Å². The summed E-state index contributed by atoms with van der Waals surface area (Å²) in [6.45, 7) is 2.06. The van der Waals surface area contributed by atoms with Crippen LogP contribution in [-0.4, -0.2) is 22.0 Å². The van der Waals surface area contributed by atoms with Crippen LogP contribution in [-0.2, 0) is 6.42 Å². The Labute approximate surface area is 117 Å². The van der Waals surface area contributed by atoms with Crippen LogP contribution in [0.2, 0.25) is 0 Å². The molecule has 0 radical (unpaired) electrons. The van der Waals surface area contributed by atoms with Crippen molar-refractivity contribution in [2.75, 3.05) is 12.4 Å². The number of benzene rings is 1. The van der Waals surface area contributed by atoms with E-state index >= 15 is 0 Å². The highest BCUT2D eigenvalue weighted by atomic mass is 15.0. The number of aryl methyl sites for hydroxylation is 1. The minimum atomic E-state index is 0.814. The Bertz CT molecular complexity index is 730. The molecule has 0 amide bonds. The molecule has 2 heterocycles. The Balaban J connectivity index is 2.14. The first-order valence-electron chi connectivity index (χ1n) is 6.71. The lowest BCUT2D eigenvalue weighted by molar-refractivity contribution is 0.945. The standard InChI is InChI=1S/C16H16N4/c1-3-15-19-14(10-16(17-2)20-15)12-7-6-11-5-4-8-18-13(11)9-12/h4-10H,3H2,1-2H3,(H,17,19,20). The maximum Gasteiger partial charge on any atom is 0.131 e. The van der Waals surface area contributed by atoms with Gasteiger partial charge in [-0.3, -0.25) is 4.98 Å². The first-order chi connectivity index (χ1) is 9.80. The van der Waals surface area contributed by atoms with Crippen LogP contribution in [0.1, 0.15) is 12.7 Å². The van der Waals surface area contributed by atoms with Gasteiger partial charge in [-0.05, 0) is 12.1 Å². The van der Waals surface area contributed by atoms with E-state index in [2.05, 4.69) is 51.5 Å². The van der Waals surface area contributed by atoms with Crippen LogP contribution in [0.25, 0.3) is 22.2 Å². The summed E-state index contributed by atoms with van der Waals surface area (Å²) in [4.78, 5) is 13.4. The number of nitrogens with one attached hydrogen (secondary N) is 1. The molecular formula is C16H16N4. The van der Waals surface area contributed by atoms with Crippen molar-refractivity contribution in [3.8, 4) is 11.3 Å². The lowest BCUT2D eigenvalue weighted by Crippen LogP contribution is -2.00. The molecule has 100 valence electrons. The average molecular weight is 264 g/mol. The van der Waals surface area contributed by atoms with E-state index in [-0.39, 0.29) is 0 Å². The van der Waals surface area contributed by atoms with E-state index in [1.54, 1.807) is 0 Å². The van der Waals surface area contributed by atoms with Crippen LogP contribution >= 0.6 is 0 Å². The molecule has 0 fully saturated rings. The number of pyridine rings is 1. The van der Waals surface area contributed by atoms with Crippen molar-refractivity contribution in [1.29, 1.82) is 0 Å². The van der Waals surface area contributed by atoms with Crippen molar-refractivity contribution < 1.29 is 0 Å². The molecule has 0 spiro atoms. The van der Waals surface area contributed by atoms with Gasteiger partial charge < -0.3 is 5.32 Å². The van der Waals surface area contributed by atoms with Gasteiger partial charge in [-0.25, -0.2) is 9.97 Å². The number of nitrogens with zero attached hydrogens (tertiary/aromatic N) is 3. The normalized spacial score (nSPS) is 10.7. The number of hydrogen-bond acceptors (Lipinski definition) is 4. The van der Waals surface area contributed by atoms with Crippen molar-refractivity contribution in [3.63, 3.8) is 0 Å². The van der Waals surface area contributed by atoms with Crippen molar-refractivity contribution >= 4 is 16.7 Å². The van der Waals surface area contributed by atoms with E-state index in [1.165, 1.54) is 0 Å². The van der Waals surface area contributed by atoms with Gasteiger partial charge in [0.1, 0.15) is 11.6 Å². The SMILES string of the molecule is CCc1nc(NC)cc(-c2ccc3cccnc3c2)n1. The largest absolute Gasteiger partial charge is 0.373 e. The molecule has 0 saturated carbocycles. The van der Waals surface area contributed by atoms with Gasteiger partial charge in [0.05, 0.1) is 11.2 Å². The molecule has 20 heavy (non-hydrogen) atoms. The van der Waals surface area contributed by atoms with Gasteiger partial charge in [0.25, 0.3) is 0 Å².